The summed E-state index contributed by atoms with van der Waals surface area (Å²) in [6, 6.07) is 6.61. The molecule has 1 saturated heterocycles. The molecule has 2 N–H and O–H groups in total. The number of benzene rings is 1. The van der Waals surface area contributed by atoms with Gasteiger partial charge >= 0.3 is 0 Å². The van der Waals surface area contributed by atoms with Gasteiger partial charge < -0.3 is 25.0 Å². The lowest BCUT2D eigenvalue weighted by atomic mass is 10.2. The molecular weight excluding hydrogens is 333 g/mol. The summed E-state index contributed by atoms with van der Waals surface area (Å²) in [6.45, 7) is 3.75. The number of guanidine groups is 1. The number of rotatable bonds is 4. The van der Waals surface area contributed by atoms with E-state index in [0.717, 1.165) is 43.5 Å². The molecule has 1 aromatic heterocycles. The normalized spacial score (nSPS) is 15.5. The molecule has 0 radical (unpaired) electrons. The summed E-state index contributed by atoms with van der Waals surface area (Å²) in [4.78, 5) is 15.2. The van der Waals surface area contributed by atoms with Crippen LogP contribution in [-0.2, 0) is 13.6 Å². The highest BCUT2D eigenvalue weighted by Crippen LogP contribution is 2.17. The Morgan fingerprint density at radius 1 is 1.19 bits per heavy atom. The summed E-state index contributed by atoms with van der Waals surface area (Å²) in [5.74, 6) is 1.23. The van der Waals surface area contributed by atoms with Gasteiger partial charge in [0.1, 0.15) is 5.82 Å². The Hall–Kier alpha value is -2.77. The third-order valence-electron chi connectivity index (χ3n) is 4.66. The van der Waals surface area contributed by atoms with E-state index in [4.69, 9.17) is 5.73 Å². The molecule has 1 aliphatic rings. The molecule has 1 aromatic carbocycles. The van der Waals surface area contributed by atoms with Gasteiger partial charge in [-0.05, 0) is 24.3 Å². The molecular formula is C18H26FN7. The van der Waals surface area contributed by atoms with Gasteiger partial charge in [0.05, 0.1) is 18.4 Å². The topological polar surface area (TPSA) is 65.9 Å². The highest BCUT2D eigenvalue weighted by molar-refractivity contribution is 5.78. The molecule has 0 bridgehead atoms. The summed E-state index contributed by atoms with van der Waals surface area (Å²) in [5.41, 5.74) is 8.23. The van der Waals surface area contributed by atoms with Crippen LogP contribution in [0.4, 0.5) is 16.0 Å². The van der Waals surface area contributed by atoms with Crippen molar-refractivity contribution in [1.82, 2.24) is 14.5 Å². The van der Waals surface area contributed by atoms with E-state index in [9.17, 15) is 4.39 Å². The average Bonchev–Trinajstić information content (AvgIpc) is 3.01. The number of nitrogens with two attached hydrogens (primary N) is 1. The third kappa shape index (κ3) is 3.89. The van der Waals surface area contributed by atoms with Crippen molar-refractivity contribution in [2.24, 2.45) is 17.8 Å². The molecule has 0 spiro atoms. The second-order valence-corrected chi connectivity index (χ2v) is 6.63. The fraction of sp³-hybridized carbons (Fsp3) is 0.444. The maximum absolute atomic E-state index is 13.1. The van der Waals surface area contributed by atoms with E-state index < -0.39 is 0 Å². The Balaban J connectivity index is 1.57. The zero-order chi connectivity index (χ0) is 18.7. The summed E-state index contributed by atoms with van der Waals surface area (Å²) in [5, 5.41) is 0. The van der Waals surface area contributed by atoms with Gasteiger partial charge in [0, 0.05) is 53.0 Å². The van der Waals surface area contributed by atoms with Crippen molar-refractivity contribution in [3.05, 3.63) is 42.0 Å². The number of hydrogen-bond acceptors (Lipinski definition) is 4. The average molecular weight is 359 g/mol. The van der Waals surface area contributed by atoms with E-state index in [1.165, 1.54) is 12.1 Å². The molecule has 26 heavy (non-hydrogen) atoms. The van der Waals surface area contributed by atoms with Crippen LogP contribution in [0.1, 0.15) is 5.69 Å². The van der Waals surface area contributed by atoms with E-state index in [1.807, 2.05) is 48.9 Å². The standard InChI is InChI=1S/C18H26FN7/c1-23(2)18-22-13-16(24(18)3)12-21-17(20)26-10-8-25(9-11-26)15-6-4-14(19)5-7-15/h4-7,13H,8-12H2,1-3H3,(H2,20,21). The van der Waals surface area contributed by atoms with Crippen LogP contribution in [0, 0.1) is 5.82 Å². The van der Waals surface area contributed by atoms with Crippen molar-refractivity contribution in [1.29, 1.82) is 0 Å². The number of aliphatic imine (C=N–C) groups is 1. The molecule has 140 valence electrons. The molecule has 0 atom stereocenters. The highest BCUT2D eigenvalue weighted by atomic mass is 19.1. The molecule has 8 heteroatoms. The van der Waals surface area contributed by atoms with Crippen molar-refractivity contribution in [3.63, 3.8) is 0 Å². The van der Waals surface area contributed by atoms with Gasteiger partial charge in [-0.1, -0.05) is 0 Å². The zero-order valence-electron chi connectivity index (χ0n) is 15.6. The molecule has 0 saturated carbocycles. The van der Waals surface area contributed by atoms with Crippen molar-refractivity contribution in [3.8, 4) is 0 Å². The van der Waals surface area contributed by atoms with Crippen LogP contribution in [0.15, 0.2) is 35.5 Å². The fourth-order valence-corrected chi connectivity index (χ4v) is 3.10. The van der Waals surface area contributed by atoms with Crippen LogP contribution in [0.5, 0.6) is 0 Å². The number of piperazine rings is 1. The molecule has 7 nitrogen and oxygen atoms in total. The number of imidazole rings is 1. The molecule has 0 amide bonds. The molecule has 2 aromatic rings. The quantitative estimate of drug-likeness (QED) is 0.658. The Morgan fingerprint density at radius 3 is 2.42 bits per heavy atom. The van der Waals surface area contributed by atoms with Crippen molar-refractivity contribution < 1.29 is 4.39 Å². The third-order valence-corrected chi connectivity index (χ3v) is 4.66. The molecule has 1 aliphatic heterocycles. The van der Waals surface area contributed by atoms with Crippen molar-refractivity contribution >= 4 is 17.6 Å². The number of anilines is 2. The van der Waals surface area contributed by atoms with Crippen LogP contribution in [0.2, 0.25) is 0 Å². The zero-order valence-corrected chi connectivity index (χ0v) is 15.6. The maximum atomic E-state index is 13.1. The maximum Gasteiger partial charge on any atom is 0.204 e. The van der Waals surface area contributed by atoms with Gasteiger partial charge in [-0.15, -0.1) is 0 Å². The first-order valence-corrected chi connectivity index (χ1v) is 8.69. The lowest BCUT2D eigenvalue weighted by molar-refractivity contribution is 0.380. The first kappa shape index (κ1) is 18.0. The number of hydrogen-bond donors (Lipinski definition) is 1. The van der Waals surface area contributed by atoms with E-state index in [1.54, 1.807) is 0 Å². The van der Waals surface area contributed by atoms with Gasteiger partial charge in [0.25, 0.3) is 0 Å². The second-order valence-electron chi connectivity index (χ2n) is 6.63. The van der Waals surface area contributed by atoms with E-state index >= 15 is 0 Å². The molecule has 0 aliphatic carbocycles. The van der Waals surface area contributed by atoms with Gasteiger partial charge in [-0.2, -0.15) is 0 Å². The van der Waals surface area contributed by atoms with Crippen LogP contribution in [0.25, 0.3) is 0 Å². The molecule has 3 rings (SSSR count). The molecule has 2 heterocycles. The molecule has 0 unspecified atom stereocenters. The minimum Gasteiger partial charge on any atom is -0.370 e. The number of halogens is 1. The predicted molar refractivity (Wildman–Crippen MR) is 103 cm³/mol. The van der Waals surface area contributed by atoms with Crippen LogP contribution in [0.3, 0.4) is 0 Å². The first-order chi connectivity index (χ1) is 12.5. The van der Waals surface area contributed by atoms with Gasteiger partial charge in [-0.25, -0.2) is 14.4 Å². The summed E-state index contributed by atoms with van der Waals surface area (Å²) >= 11 is 0. The fourth-order valence-electron chi connectivity index (χ4n) is 3.10. The lowest BCUT2D eigenvalue weighted by Gasteiger charge is -2.36. The highest BCUT2D eigenvalue weighted by Gasteiger charge is 2.18. The SMILES string of the molecule is CN(C)c1ncc(CN=C(N)N2CCN(c3ccc(F)cc3)CC2)n1C. The smallest absolute Gasteiger partial charge is 0.204 e. The largest absolute Gasteiger partial charge is 0.370 e. The summed E-state index contributed by atoms with van der Waals surface area (Å²) in [7, 11) is 5.90. The van der Waals surface area contributed by atoms with Crippen LogP contribution in [-0.4, -0.2) is 60.7 Å². The summed E-state index contributed by atoms with van der Waals surface area (Å²) in [6.07, 6.45) is 1.83. The second kappa shape index (κ2) is 7.63. The van der Waals surface area contributed by atoms with Crippen LogP contribution < -0.4 is 15.5 Å². The lowest BCUT2D eigenvalue weighted by Crippen LogP contribution is -2.51. The molecule has 1 fully saturated rings. The first-order valence-electron chi connectivity index (χ1n) is 8.69. The monoisotopic (exact) mass is 359 g/mol. The summed E-state index contributed by atoms with van der Waals surface area (Å²) < 4.78 is 15.1. The number of nitrogens with zero attached hydrogens (tertiary/aromatic N) is 6. The van der Waals surface area contributed by atoms with E-state index in [-0.39, 0.29) is 5.82 Å². The minimum absolute atomic E-state index is 0.212. The van der Waals surface area contributed by atoms with Gasteiger partial charge in [0.2, 0.25) is 5.95 Å². The Kier molecular flexibility index (Phi) is 5.29. The van der Waals surface area contributed by atoms with Gasteiger partial charge in [-0.3, -0.25) is 0 Å². The Bertz CT molecular complexity index is 758. The van der Waals surface area contributed by atoms with Gasteiger partial charge in [0.15, 0.2) is 5.96 Å². The minimum atomic E-state index is -0.212. The Labute approximate surface area is 153 Å². The van der Waals surface area contributed by atoms with Crippen molar-refractivity contribution in [2.75, 3.05) is 50.1 Å². The predicted octanol–water partition coefficient (Wildman–Crippen LogP) is 1.26. The van der Waals surface area contributed by atoms with Crippen LogP contribution >= 0.6 is 0 Å². The van der Waals surface area contributed by atoms with Crippen molar-refractivity contribution in [2.45, 2.75) is 6.54 Å². The van der Waals surface area contributed by atoms with E-state index in [2.05, 4.69) is 19.8 Å². The Morgan fingerprint density at radius 2 is 1.85 bits per heavy atom. The van der Waals surface area contributed by atoms with E-state index in [0.29, 0.717) is 12.5 Å². The number of aromatic nitrogens is 2.